The van der Waals surface area contributed by atoms with Crippen molar-refractivity contribution in [3.05, 3.63) is 69.0 Å². The smallest absolute Gasteiger partial charge is 0.234 e. The van der Waals surface area contributed by atoms with E-state index in [1.807, 2.05) is 26.8 Å². The predicted octanol–water partition coefficient (Wildman–Crippen LogP) is 4.30. The zero-order chi connectivity index (χ0) is 26.4. The topological polar surface area (TPSA) is 101 Å². The monoisotopic (exact) mass is 563 g/mol. The number of rotatable bonds is 1. The van der Waals surface area contributed by atoms with Crippen LogP contribution in [-0.2, 0) is 25.6 Å². The summed E-state index contributed by atoms with van der Waals surface area (Å²) in [5.41, 5.74) is 2.59. The van der Waals surface area contributed by atoms with Crippen LogP contribution in [0.3, 0.4) is 0 Å². The summed E-state index contributed by atoms with van der Waals surface area (Å²) in [7, 11) is 0. The largest absolute Gasteiger partial charge is 0.508 e. The molecule has 0 saturated carbocycles. The highest BCUT2D eigenvalue weighted by molar-refractivity contribution is 9.12. The molecular weight excluding hydrogens is 538 g/mol. The standard InChI is InChI=1S/C29H26BrNO6/c1-29(2,3)31-27(35)17-6-5-16-18(24(17)28(31)36)10-19-25(21(33)11-20(30)26(19)34)23(16)14-8-13-9-15(32)4-7-22(13)37-12-14/h4-5,7,9,11-12,17-18,23-24,32H,6,8,10H2,1-3H3. The maximum absolute atomic E-state index is 13.7. The van der Waals surface area contributed by atoms with Gasteiger partial charge in [0.2, 0.25) is 11.8 Å². The van der Waals surface area contributed by atoms with Gasteiger partial charge in [0.15, 0.2) is 11.6 Å². The molecule has 0 bridgehead atoms. The van der Waals surface area contributed by atoms with Crippen LogP contribution < -0.4 is 4.74 Å². The zero-order valence-electron chi connectivity index (χ0n) is 20.7. The number of amides is 2. The van der Waals surface area contributed by atoms with E-state index in [-0.39, 0.29) is 46.0 Å². The summed E-state index contributed by atoms with van der Waals surface area (Å²) in [5.74, 6) is -2.17. The zero-order valence-corrected chi connectivity index (χ0v) is 22.3. The van der Waals surface area contributed by atoms with Crippen molar-refractivity contribution in [1.82, 2.24) is 4.90 Å². The molecule has 1 saturated heterocycles. The molecule has 4 atom stereocenters. The molecular formula is C29H26BrNO6. The van der Waals surface area contributed by atoms with Gasteiger partial charge in [-0.1, -0.05) is 11.6 Å². The summed E-state index contributed by atoms with van der Waals surface area (Å²) in [6.07, 6.45) is 5.99. The van der Waals surface area contributed by atoms with Crippen molar-refractivity contribution in [3.8, 4) is 11.5 Å². The minimum atomic E-state index is -0.655. The van der Waals surface area contributed by atoms with Crippen LogP contribution in [-0.4, -0.2) is 38.9 Å². The number of ketones is 2. The Bertz CT molecular complexity index is 1440. The molecule has 1 aromatic carbocycles. The van der Waals surface area contributed by atoms with Gasteiger partial charge in [-0.15, -0.1) is 0 Å². The second kappa shape index (κ2) is 8.12. The van der Waals surface area contributed by atoms with Gasteiger partial charge in [-0.25, -0.2) is 0 Å². The first-order valence-corrected chi connectivity index (χ1v) is 13.2. The Morgan fingerprint density at radius 3 is 2.57 bits per heavy atom. The maximum Gasteiger partial charge on any atom is 0.234 e. The summed E-state index contributed by atoms with van der Waals surface area (Å²) >= 11 is 3.25. The lowest BCUT2D eigenvalue weighted by Crippen LogP contribution is -2.46. The first-order chi connectivity index (χ1) is 17.5. The highest BCUT2D eigenvalue weighted by Crippen LogP contribution is 2.55. The lowest BCUT2D eigenvalue weighted by atomic mass is 9.59. The number of halogens is 1. The van der Waals surface area contributed by atoms with E-state index >= 15 is 0 Å². The number of hydrogen-bond donors (Lipinski definition) is 1. The fraction of sp³-hybridized carbons (Fsp3) is 0.379. The number of benzene rings is 1. The van der Waals surface area contributed by atoms with Gasteiger partial charge in [-0.3, -0.25) is 24.1 Å². The van der Waals surface area contributed by atoms with E-state index in [2.05, 4.69) is 15.9 Å². The Morgan fingerprint density at radius 2 is 1.84 bits per heavy atom. The molecule has 190 valence electrons. The predicted molar refractivity (Wildman–Crippen MR) is 137 cm³/mol. The van der Waals surface area contributed by atoms with Gasteiger partial charge in [0.05, 0.1) is 22.6 Å². The van der Waals surface area contributed by atoms with E-state index in [4.69, 9.17) is 4.74 Å². The molecule has 2 heterocycles. The number of carbonyl (C=O) groups excluding carboxylic acids is 4. The van der Waals surface area contributed by atoms with Crippen LogP contribution in [0.2, 0.25) is 0 Å². The number of aromatic hydroxyl groups is 1. The van der Waals surface area contributed by atoms with Crippen LogP contribution in [0.4, 0.5) is 0 Å². The van der Waals surface area contributed by atoms with Gasteiger partial charge in [0.25, 0.3) is 0 Å². The van der Waals surface area contributed by atoms with Gasteiger partial charge in [-0.05, 0) is 79.2 Å². The van der Waals surface area contributed by atoms with E-state index in [1.54, 1.807) is 24.5 Å². The molecule has 1 fully saturated rings. The number of carbonyl (C=O) groups is 4. The molecule has 2 amide bonds. The number of ether oxygens (including phenoxy) is 1. The third-order valence-electron chi connectivity index (χ3n) is 8.15. The molecule has 4 unspecified atom stereocenters. The quantitative estimate of drug-likeness (QED) is 0.310. The first kappa shape index (κ1) is 24.1. The molecule has 0 spiro atoms. The van der Waals surface area contributed by atoms with Crippen molar-refractivity contribution in [2.45, 2.75) is 45.6 Å². The molecule has 0 aromatic heterocycles. The minimum absolute atomic E-state index is 0.109. The number of fused-ring (bicyclic) bond motifs is 4. The fourth-order valence-electron chi connectivity index (χ4n) is 6.68. The maximum atomic E-state index is 13.7. The number of phenols is 1. The number of likely N-dealkylation sites (tertiary alicyclic amines) is 1. The van der Waals surface area contributed by atoms with Crippen LogP contribution >= 0.6 is 15.9 Å². The van der Waals surface area contributed by atoms with Gasteiger partial charge in [0, 0.05) is 40.7 Å². The minimum Gasteiger partial charge on any atom is -0.508 e. The molecule has 1 N–H and O–H groups in total. The average Bonchev–Trinajstić information content (AvgIpc) is 3.11. The summed E-state index contributed by atoms with van der Waals surface area (Å²) in [6, 6.07) is 4.87. The number of hydrogen-bond acceptors (Lipinski definition) is 6. The Hall–Kier alpha value is -3.26. The third kappa shape index (κ3) is 3.52. The van der Waals surface area contributed by atoms with E-state index in [9.17, 15) is 24.3 Å². The van der Waals surface area contributed by atoms with Crippen LogP contribution in [0.1, 0.15) is 39.2 Å². The summed E-state index contributed by atoms with van der Waals surface area (Å²) < 4.78 is 6.10. The van der Waals surface area contributed by atoms with Crippen molar-refractivity contribution in [1.29, 1.82) is 0 Å². The van der Waals surface area contributed by atoms with Crippen molar-refractivity contribution < 1.29 is 29.0 Å². The van der Waals surface area contributed by atoms with E-state index in [1.165, 1.54) is 11.0 Å². The lowest BCUT2D eigenvalue weighted by Gasteiger charge is -2.43. The van der Waals surface area contributed by atoms with Gasteiger partial charge < -0.3 is 9.84 Å². The second-order valence-corrected chi connectivity index (χ2v) is 12.2. The van der Waals surface area contributed by atoms with Crippen LogP contribution in [0.15, 0.2) is 63.4 Å². The van der Waals surface area contributed by atoms with Crippen LogP contribution in [0.25, 0.3) is 0 Å². The van der Waals surface area contributed by atoms with Gasteiger partial charge >= 0.3 is 0 Å². The Morgan fingerprint density at radius 1 is 1.08 bits per heavy atom. The molecule has 0 radical (unpaired) electrons. The van der Waals surface area contributed by atoms with E-state index in [0.717, 1.165) is 16.7 Å². The molecule has 2 aliphatic heterocycles. The van der Waals surface area contributed by atoms with Crippen molar-refractivity contribution in [3.63, 3.8) is 0 Å². The summed E-state index contributed by atoms with van der Waals surface area (Å²) in [6.45, 7) is 5.54. The SMILES string of the molecule is CC(C)(C)N1C(=O)C2CC=C3C(C4=COc5ccc(O)cc5C4)C4=C(CC3C2C1=O)C(=O)C(Br)=CC4=O. The average molecular weight is 564 g/mol. The highest BCUT2D eigenvalue weighted by Gasteiger charge is 2.58. The van der Waals surface area contributed by atoms with Gasteiger partial charge in [0.1, 0.15) is 11.5 Å². The van der Waals surface area contributed by atoms with Crippen LogP contribution in [0, 0.1) is 23.7 Å². The van der Waals surface area contributed by atoms with E-state index in [0.29, 0.717) is 29.7 Å². The Balaban J connectivity index is 1.48. The van der Waals surface area contributed by atoms with Crippen molar-refractivity contribution >= 4 is 39.3 Å². The fourth-order valence-corrected chi connectivity index (χ4v) is 7.12. The first-order valence-electron chi connectivity index (χ1n) is 12.4. The third-order valence-corrected chi connectivity index (χ3v) is 8.74. The molecule has 37 heavy (non-hydrogen) atoms. The number of imide groups is 1. The van der Waals surface area contributed by atoms with Crippen LogP contribution in [0.5, 0.6) is 11.5 Å². The Labute approximate surface area is 222 Å². The normalized spacial score (nSPS) is 29.1. The number of nitrogens with zero attached hydrogens (tertiary/aromatic N) is 1. The second-order valence-electron chi connectivity index (χ2n) is 11.4. The molecule has 3 aliphatic carbocycles. The van der Waals surface area contributed by atoms with E-state index < -0.39 is 23.3 Å². The molecule has 7 nitrogen and oxygen atoms in total. The molecule has 6 rings (SSSR count). The highest BCUT2D eigenvalue weighted by atomic mass is 79.9. The number of Topliss-reactive ketones (excluding diaryl/α,β-unsaturated/α-hetero) is 1. The Kier molecular flexibility index (Phi) is 5.29. The molecule has 5 aliphatic rings. The summed E-state index contributed by atoms with van der Waals surface area (Å²) in [4.78, 5) is 55.1. The summed E-state index contributed by atoms with van der Waals surface area (Å²) in [5, 5.41) is 10.0. The van der Waals surface area contributed by atoms with Crippen molar-refractivity contribution in [2.75, 3.05) is 0 Å². The van der Waals surface area contributed by atoms with Gasteiger partial charge in [-0.2, -0.15) is 0 Å². The number of allylic oxidation sites excluding steroid dienone is 7. The lowest BCUT2D eigenvalue weighted by molar-refractivity contribution is -0.145. The molecule has 8 heteroatoms. The van der Waals surface area contributed by atoms with Crippen molar-refractivity contribution in [2.24, 2.45) is 23.7 Å². The molecule has 1 aromatic rings. The number of phenolic OH excluding ortho intramolecular Hbond substituents is 1.